The zero-order valence-electron chi connectivity index (χ0n) is 22.6. The van der Waals surface area contributed by atoms with Crippen LogP contribution in [0.15, 0.2) is 109 Å². The van der Waals surface area contributed by atoms with Gasteiger partial charge in [-0.3, -0.25) is 9.59 Å². The summed E-state index contributed by atoms with van der Waals surface area (Å²) in [6.45, 7) is 4.15. The van der Waals surface area contributed by atoms with E-state index in [2.05, 4.69) is 32.0 Å². The van der Waals surface area contributed by atoms with E-state index in [4.69, 9.17) is 4.74 Å². The lowest BCUT2D eigenvalue weighted by atomic mass is 9.84. The summed E-state index contributed by atoms with van der Waals surface area (Å²) < 4.78 is 6.31. The van der Waals surface area contributed by atoms with Gasteiger partial charge in [0.25, 0.3) is 11.8 Å². The molecule has 1 aliphatic heterocycles. The second-order valence-corrected chi connectivity index (χ2v) is 11.0. The summed E-state index contributed by atoms with van der Waals surface area (Å²) in [4.78, 5) is 29.5. The van der Waals surface area contributed by atoms with Crippen molar-refractivity contribution in [2.45, 2.75) is 19.8 Å². The van der Waals surface area contributed by atoms with E-state index in [-0.39, 0.29) is 17.7 Å². The molecule has 0 bridgehead atoms. The number of imide groups is 1. The molecule has 8 rings (SSSR count). The van der Waals surface area contributed by atoms with Gasteiger partial charge in [-0.25, -0.2) is 4.90 Å². The maximum Gasteiger partial charge on any atom is 0.265 e. The zero-order chi connectivity index (χ0) is 27.8. The van der Waals surface area contributed by atoms with E-state index in [0.29, 0.717) is 16.8 Å². The fourth-order valence-corrected chi connectivity index (χ4v) is 6.57. The number of carbonyl (C=O) groups is 2. The molecule has 0 spiro atoms. The molecule has 0 fully saturated rings. The molecule has 0 saturated carbocycles. The smallest absolute Gasteiger partial charge is 0.265 e. The van der Waals surface area contributed by atoms with Crippen LogP contribution in [-0.4, -0.2) is 11.8 Å². The van der Waals surface area contributed by atoms with E-state index < -0.39 is 0 Å². The molecular weight excluding hydrogens is 506 g/mol. The summed E-state index contributed by atoms with van der Waals surface area (Å²) in [6.07, 6.45) is 0. The largest absolute Gasteiger partial charge is 0.457 e. The highest BCUT2D eigenvalue weighted by Gasteiger charge is 2.36. The van der Waals surface area contributed by atoms with Crippen LogP contribution in [0, 0.1) is 0 Å². The minimum atomic E-state index is -0.282. The highest BCUT2D eigenvalue weighted by molar-refractivity contribution is 6.42. The molecule has 0 radical (unpaired) electrons. The molecule has 0 aromatic heterocycles. The zero-order valence-corrected chi connectivity index (χ0v) is 22.6. The number of fused-ring (bicyclic) bond motifs is 2. The Kier molecular flexibility index (Phi) is 4.98. The first-order valence-corrected chi connectivity index (χ1v) is 13.9. The van der Waals surface area contributed by atoms with Crippen LogP contribution in [0.5, 0.6) is 11.5 Å². The molecule has 7 aromatic carbocycles. The second-order valence-electron chi connectivity index (χ2n) is 11.0. The van der Waals surface area contributed by atoms with Crippen LogP contribution in [0.2, 0.25) is 0 Å². The van der Waals surface area contributed by atoms with Crippen molar-refractivity contribution in [3.8, 4) is 11.5 Å². The number of amides is 2. The van der Waals surface area contributed by atoms with Gasteiger partial charge in [0.2, 0.25) is 0 Å². The summed E-state index contributed by atoms with van der Waals surface area (Å²) in [5.74, 6) is 1.17. The van der Waals surface area contributed by atoms with Gasteiger partial charge in [0, 0.05) is 27.3 Å². The van der Waals surface area contributed by atoms with Gasteiger partial charge in [-0.1, -0.05) is 80.6 Å². The highest BCUT2D eigenvalue weighted by atomic mass is 16.5. The van der Waals surface area contributed by atoms with Crippen molar-refractivity contribution in [1.82, 2.24) is 0 Å². The van der Waals surface area contributed by atoms with E-state index in [1.165, 1.54) is 4.90 Å². The van der Waals surface area contributed by atoms with Crippen LogP contribution >= 0.6 is 0 Å². The SMILES string of the molecule is CC(C)c1ccccc1N1C(=O)c2ccc3c4cccc5c(Oc6ccccc6)ccc(c6ccc(c2c36)C1=O)c54. The fraction of sp³-hybridized carbons (Fsp3) is 0.0811. The first-order chi connectivity index (χ1) is 20.0. The molecule has 1 aliphatic rings. The molecule has 4 heteroatoms. The summed E-state index contributed by atoms with van der Waals surface area (Å²) in [5, 5.41) is 8.00. The lowest BCUT2D eigenvalue weighted by Gasteiger charge is -2.30. The van der Waals surface area contributed by atoms with Crippen molar-refractivity contribution >= 4 is 60.6 Å². The van der Waals surface area contributed by atoms with Crippen LogP contribution in [0.1, 0.15) is 46.0 Å². The summed E-state index contributed by atoms with van der Waals surface area (Å²) >= 11 is 0. The van der Waals surface area contributed by atoms with Gasteiger partial charge in [0.15, 0.2) is 0 Å². The quantitative estimate of drug-likeness (QED) is 0.129. The van der Waals surface area contributed by atoms with Crippen molar-refractivity contribution in [1.29, 1.82) is 0 Å². The van der Waals surface area contributed by atoms with E-state index in [1.807, 2.05) is 91.0 Å². The molecule has 0 N–H and O–H groups in total. The molecule has 196 valence electrons. The van der Waals surface area contributed by atoms with Gasteiger partial charge in [-0.05, 0) is 80.9 Å². The summed E-state index contributed by atoms with van der Waals surface area (Å²) in [7, 11) is 0. The van der Waals surface area contributed by atoms with E-state index in [1.54, 1.807) is 0 Å². The Balaban J connectivity index is 1.39. The monoisotopic (exact) mass is 531 g/mol. The van der Waals surface area contributed by atoms with Crippen LogP contribution in [0.4, 0.5) is 5.69 Å². The van der Waals surface area contributed by atoms with Crippen molar-refractivity contribution in [2.75, 3.05) is 4.90 Å². The van der Waals surface area contributed by atoms with Gasteiger partial charge in [-0.2, -0.15) is 0 Å². The highest BCUT2D eigenvalue weighted by Crippen LogP contribution is 2.46. The first kappa shape index (κ1) is 23.6. The molecule has 4 nitrogen and oxygen atoms in total. The average Bonchev–Trinajstić information content (AvgIpc) is 3.00. The Morgan fingerprint density at radius 2 is 1.12 bits per heavy atom. The van der Waals surface area contributed by atoms with Crippen LogP contribution in [0.3, 0.4) is 0 Å². The fourth-order valence-electron chi connectivity index (χ4n) is 6.57. The molecule has 0 unspecified atom stereocenters. The molecule has 41 heavy (non-hydrogen) atoms. The third kappa shape index (κ3) is 3.28. The van der Waals surface area contributed by atoms with Crippen LogP contribution in [-0.2, 0) is 0 Å². The minimum absolute atomic E-state index is 0.163. The van der Waals surface area contributed by atoms with Crippen molar-refractivity contribution in [2.24, 2.45) is 0 Å². The van der Waals surface area contributed by atoms with Crippen molar-refractivity contribution in [3.63, 3.8) is 0 Å². The normalized spacial score (nSPS) is 13.4. The number of ether oxygens (including phenoxy) is 1. The third-order valence-electron chi connectivity index (χ3n) is 8.38. The maximum absolute atomic E-state index is 14.1. The van der Waals surface area contributed by atoms with E-state index in [9.17, 15) is 9.59 Å². The molecule has 2 amide bonds. The Hall–Kier alpha value is -5.22. The van der Waals surface area contributed by atoms with E-state index >= 15 is 0 Å². The van der Waals surface area contributed by atoms with Gasteiger partial charge < -0.3 is 4.74 Å². The lowest BCUT2D eigenvalue weighted by molar-refractivity contribution is 0.0893. The molecule has 0 aliphatic carbocycles. The lowest BCUT2D eigenvalue weighted by Crippen LogP contribution is -2.41. The number of rotatable bonds is 4. The molecule has 0 saturated heterocycles. The number of carbonyl (C=O) groups excluding carboxylic acids is 2. The predicted octanol–water partition coefficient (Wildman–Crippen LogP) is 9.45. The topological polar surface area (TPSA) is 46.6 Å². The van der Waals surface area contributed by atoms with E-state index in [0.717, 1.165) is 60.2 Å². The van der Waals surface area contributed by atoms with Crippen LogP contribution in [0.25, 0.3) is 43.1 Å². The number of anilines is 1. The average molecular weight is 532 g/mol. The Bertz CT molecular complexity index is 2130. The summed E-state index contributed by atoms with van der Waals surface area (Å²) in [5.41, 5.74) is 2.73. The molecular formula is C37H25NO3. The number of hydrogen-bond acceptors (Lipinski definition) is 3. The second kappa shape index (κ2) is 8.64. The molecule has 1 heterocycles. The van der Waals surface area contributed by atoms with Gasteiger partial charge in [0.05, 0.1) is 5.69 Å². The van der Waals surface area contributed by atoms with Crippen molar-refractivity contribution < 1.29 is 14.3 Å². The van der Waals surface area contributed by atoms with Crippen LogP contribution < -0.4 is 9.64 Å². The summed E-state index contributed by atoms with van der Waals surface area (Å²) in [6, 6.07) is 35.7. The maximum atomic E-state index is 14.1. The Morgan fingerprint density at radius 3 is 1.83 bits per heavy atom. The molecule has 7 aromatic rings. The number of benzene rings is 7. The Morgan fingerprint density at radius 1 is 0.537 bits per heavy atom. The number of para-hydroxylation sites is 2. The third-order valence-corrected chi connectivity index (χ3v) is 8.38. The van der Waals surface area contributed by atoms with Crippen molar-refractivity contribution in [3.05, 3.63) is 126 Å². The first-order valence-electron chi connectivity index (χ1n) is 13.9. The predicted molar refractivity (Wildman–Crippen MR) is 166 cm³/mol. The van der Waals surface area contributed by atoms with Gasteiger partial charge in [-0.15, -0.1) is 0 Å². The van der Waals surface area contributed by atoms with Gasteiger partial charge >= 0.3 is 0 Å². The standard InChI is InChI=1S/C37H25NO3/c1-21(2)23-11-6-7-14-31(23)38-36(39)29-17-15-26-24-12-8-13-28-32(41-22-9-4-3-5-10-22)20-19-25(33(24)28)27-16-18-30(37(38)40)35(29)34(26)27/h3-21H,1-2H3. The Labute approximate surface area is 236 Å². The number of hydrogen-bond donors (Lipinski definition) is 0. The number of nitrogens with zero attached hydrogens (tertiary/aromatic N) is 1. The van der Waals surface area contributed by atoms with Gasteiger partial charge in [0.1, 0.15) is 11.5 Å². The molecule has 0 atom stereocenters. The minimum Gasteiger partial charge on any atom is -0.457 e.